The molecule has 130 valence electrons. The molecule has 1 aromatic rings. The van der Waals surface area contributed by atoms with Crippen molar-refractivity contribution in [1.82, 2.24) is 9.80 Å². The zero-order valence-electron chi connectivity index (χ0n) is 14.1. The largest absolute Gasteiger partial charge is 0.507 e. The molecule has 6 nitrogen and oxygen atoms in total. The average molecular weight is 332 g/mol. The second-order valence-corrected chi connectivity index (χ2v) is 6.67. The van der Waals surface area contributed by atoms with Crippen molar-refractivity contribution in [2.45, 2.75) is 44.9 Å². The Labute approximate surface area is 142 Å². The molecular formula is C18H24N2O4. The third-order valence-electron chi connectivity index (χ3n) is 4.66. The van der Waals surface area contributed by atoms with Crippen LogP contribution in [0.1, 0.15) is 37.0 Å². The van der Waals surface area contributed by atoms with Gasteiger partial charge in [-0.25, -0.2) is 0 Å². The van der Waals surface area contributed by atoms with E-state index in [1.165, 1.54) is 6.07 Å². The highest BCUT2D eigenvalue weighted by atomic mass is 16.5. The third kappa shape index (κ3) is 3.24. The first kappa shape index (κ1) is 16.8. The number of morpholine rings is 1. The highest BCUT2D eigenvalue weighted by molar-refractivity contribution is 5.99. The number of amides is 2. The Morgan fingerprint density at radius 3 is 2.50 bits per heavy atom. The van der Waals surface area contributed by atoms with Crippen molar-refractivity contribution >= 4 is 11.8 Å². The Hall–Kier alpha value is -2.08. The second-order valence-electron chi connectivity index (χ2n) is 6.67. The van der Waals surface area contributed by atoms with Crippen LogP contribution in [0.15, 0.2) is 24.3 Å². The molecule has 2 aliphatic rings. The minimum Gasteiger partial charge on any atom is -0.507 e. The topological polar surface area (TPSA) is 70.1 Å². The highest BCUT2D eigenvalue weighted by Crippen LogP contribution is 2.26. The molecule has 0 aliphatic carbocycles. The van der Waals surface area contributed by atoms with Gasteiger partial charge in [0.15, 0.2) is 0 Å². The zero-order chi connectivity index (χ0) is 17.3. The Morgan fingerprint density at radius 1 is 1.17 bits per heavy atom. The Morgan fingerprint density at radius 2 is 1.83 bits per heavy atom. The smallest absolute Gasteiger partial charge is 0.258 e. The summed E-state index contributed by atoms with van der Waals surface area (Å²) in [6.45, 7) is 5.56. The molecule has 0 aromatic heterocycles. The van der Waals surface area contributed by atoms with Crippen LogP contribution in [-0.2, 0) is 9.53 Å². The zero-order valence-corrected chi connectivity index (χ0v) is 14.1. The van der Waals surface area contributed by atoms with Crippen LogP contribution in [0.2, 0.25) is 0 Å². The van der Waals surface area contributed by atoms with Crippen LogP contribution >= 0.6 is 0 Å². The number of carbonyl (C=O) groups excluding carboxylic acids is 2. The summed E-state index contributed by atoms with van der Waals surface area (Å²) in [4.78, 5) is 29.1. The number of hydrogen-bond acceptors (Lipinski definition) is 4. The maximum atomic E-state index is 12.9. The fourth-order valence-electron chi connectivity index (χ4n) is 3.64. The lowest BCUT2D eigenvalue weighted by Crippen LogP contribution is -2.54. The summed E-state index contributed by atoms with van der Waals surface area (Å²) in [5.41, 5.74) is 0.251. The van der Waals surface area contributed by atoms with Crippen molar-refractivity contribution in [2.75, 3.05) is 19.6 Å². The molecule has 24 heavy (non-hydrogen) atoms. The van der Waals surface area contributed by atoms with Gasteiger partial charge in [-0.1, -0.05) is 12.1 Å². The van der Waals surface area contributed by atoms with E-state index in [0.29, 0.717) is 26.1 Å². The summed E-state index contributed by atoms with van der Waals surface area (Å²) < 4.78 is 5.68. The van der Waals surface area contributed by atoms with Gasteiger partial charge in [0.2, 0.25) is 5.91 Å². The van der Waals surface area contributed by atoms with E-state index >= 15 is 0 Å². The van der Waals surface area contributed by atoms with Gasteiger partial charge in [-0.05, 0) is 38.8 Å². The maximum Gasteiger partial charge on any atom is 0.258 e. The number of para-hydroxylation sites is 1. The number of nitrogens with zero attached hydrogens (tertiary/aromatic N) is 2. The van der Waals surface area contributed by atoms with Gasteiger partial charge in [-0.3, -0.25) is 9.59 Å². The lowest BCUT2D eigenvalue weighted by atomic mass is 10.1. The van der Waals surface area contributed by atoms with Crippen molar-refractivity contribution in [3.05, 3.63) is 29.8 Å². The summed E-state index contributed by atoms with van der Waals surface area (Å²) in [6.07, 6.45) is 1.46. The van der Waals surface area contributed by atoms with Gasteiger partial charge in [0.05, 0.1) is 17.8 Å². The van der Waals surface area contributed by atoms with Crippen molar-refractivity contribution in [3.8, 4) is 5.75 Å². The number of aromatic hydroxyl groups is 1. The predicted octanol–water partition coefficient (Wildman–Crippen LogP) is 1.63. The van der Waals surface area contributed by atoms with Crippen LogP contribution in [-0.4, -0.2) is 64.6 Å². The minimum absolute atomic E-state index is 0.00132. The average Bonchev–Trinajstić information content (AvgIpc) is 3.02. The van der Waals surface area contributed by atoms with Crippen LogP contribution in [0.25, 0.3) is 0 Å². The number of phenols is 1. The molecule has 0 bridgehead atoms. The Kier molecular flexibility index (Phi) is 4.76. The summed E-state index contributed by atoms with van der Waals surface area (Å²) in [7, 11) is 0. The van der Waals surface area contributed by atoms with E-state index in [1.807, 2.05) is 13.8 Å². The van der Waals surface area contributed by atoms with E-state index in [9.17, 15) is 14.7 Å². The number of phenolic OH excluding ortho intramolecular Hbond substituents is 1. The fourth-order valence-corrected chi connectivity index (χ4v) is 3.64. The fraction of sp³-hybridized carbons (Fsp3) is 0.556. The van der Waals surface area contributed by atoms with Crippen LogP contribution in [0.4, 0.5) is 0 Å². The van der Waals surface area contributed by atoms with Crippen molar-refractivity contribution < 1.29 is 19.4 Å². The predicted molar refractivity (Wildman–Crippen MR) is 88.8 cm³/mol. The number of hydrogen-bond donors (Lipinski definition) is 1. The lowest BCUT2D eigenvalue weighted by molar-refractivity contribution is -0.147. The number of ether oxygens (including phenoxy) is 1. The van der Waals surface area contributed by atoms with Gasteiger partial charge >= 0.3 is 0 Å². The molecule has 6 heteroatoms. The molecule has 2 aliphatic heterocycles. The van der Waals surface area contributed by atoms with E-state index in [4.69, 9.17) is 4.74 Å². The molecule has 1 N–H and O–H groups in total. The molecule has 2 heterocycles. The molecule has 3 rings (SSSR count). The van der Waals surface area contributed by atoms with Crippen molar-refractivity contribution in [2.24, 2.45) is 0 Å². The van der Waals surface area contributed by atoms with Crippen molar-refractivity contribution in [3.63, 3.8) is 0 Å². The molecule has 2 amide bonds. The lowest BCUT2D eigenvalue weighted by Gasteiger charge is -2.38. The van der Waals surface area contributed by atoms with Gasteiger partial charge in [-0.15, -0.1) is 0 Å². The number of likely N-dealkylation sites (tertiary alicyclic amines) is 1. The number of benzene rings is 1. The standard InChI is InChI=1S/C18H24N2O4/c1-12-10-19(11-13(2)24-12)18(23)15-7-5-9-20(15)17(22)14-6-3-4-8-16(14)21/h3-4,6,8,12-13,15,21H,5,7,9-11H2,1-2H3/t12-,13-,15-/m1/s1. The summed E-state index contributed by atoms with van der Waals surface area (Å²) >= 11 is 0. The van der Waals surface area contributed by atoms with E-state index in [-0.39, 0.29) is 35.3 Å². The first-order valence-corrected chi connectivity index (χ1v) is 8.50. The third-order valence-corrected chi connectivity index (χ3v) is 4.66. The maximum absolute atomic E-state index is 12.9. The molecule has 0 radical (unpaired) electrons. The second kappa shape index (κ2) is 6.81. The van der Waals surface area contributed by atoms with Crippen LogP contribution in [0.5, 0.6) is 5.75 Å². The summed E-state index contributed by atoms with van der Waals surface area (Å²) in [6, 6.07) is 6.03. The molecule has 0 saturated carbocycles. The summed E-state index contributed by atoms with van der Waals surface area (Å²) in [5.74, 6) is -0.342. The first-order valence-electron chi connectivity index (χ1n) is 8.50. The van der Waals surface area contributed by atoms with Gasteiger partial charge in [0.25, 0.3) is 5.91 Å². The van der Waals surface area contributed by atoms with Crippen LogP contribution in [0.3, 0.4) is 0 Å². The molecule has 3 atom stereocenters. The quantitative estimate of drug-likeness (QED) is 0.894. The van der Waals surface area contributed by atoms with Crippen LogP contribution in [0, 0.1) is 0 Å². The Bertz CT molecular complexity index is 623. The van der Waals surface area contributed by atoms with Crippen molar-refractivity contribution in [1.29, 1.82) is 0 Å². The van der Waals surface area contributed by atoms with Gasteiger partial charge in [-0.2, -0.15) is 0 Å². The summed E-state index contributed by atoms with van der Waals surface area (Å²) in [5, 5.41) is 9.92. The Balaban J connectivity index is 1.77. The molecule has 0 spiro atoms. The van der Waals surface area contributed by atoms with Crippen LogP contribution < -0.4 is 0 Å². The molecule has 0 unspecified atom stereocenters. The number of carbonyl (C=O) groups is 2. The van der Waals surface area contributed by atoms with E-state index in [2.05, 4.69) is 0 Å². The van der Waals surface area contributed by atoms with E-state index < -0.39 is 6.04 Å². The van der Waals surface area contributed by atoms with Gasteiger partial charge in [0.1, 0.15) is 11.8 Å². The van der Waals surface area contributed by atoms with E-state index in [0.717, 1.165) is 6.42 Å². The monoisotopic (exact) mass is 332 g/mol. The minimum atomic E-state index is -0.449. The number of rotatable bonds is 2. The first-order chi connectivity index (χ1) is 11.5. The van der Waals surface area contributed by atoms with Gasteiger partial charge in [0, 0.05) is 19.6 Å². The van der Waals surface area contributed by atoms with E-state index in [1.54, 1.807) is 28.0 Å². The van der Waals surface area contributed by atoms with Gasteiger partial charge < -0.3 is 19.6 Å². The normalized spacial score (nSPS) is 27.3. The molecule has 2 saturated heterocycles. The molecular weight excluding hydrogens is 308 g/mol. The molecule has 2 fully saturated rings. The highest BCUT2D eigenvalue weighted by Gasteiger charge is 2.39. The molecule has 1 aromatic carbocycles. The SMILES string of the molecule is C[C@@H]1CN(C(=O)[C@H]2CCCN2C(=O)c2ccccc2O)C[C@@H](C)O1.